The van der Waals surface area contributed by atoms with Gasteiger partial charge in [-0.1, -0.05) is 6.92 Å². The Morgan fingerprint density at radius 2 is 2.15 bits per heavy atom. The van der Waals surface area contributed by atoms with E-state index in [1.165, 1.54) is 0 Å². The Morgan fingerprint density at radius 3 is 2.69 bits per heavy atom. The van der Waals surface area contributed by atoms with Gasteiger partial charge in [0.2, 0.25) is 0 Å². The minimum atomic E-state index is 0.0392. The fraction of sp³-hybridized carbons (Fsp3) is 0.889. The largest absolute Gasteiger partial charge is 0.337 e. The molecule has 4 nitrogen and oxygen atoms in total. The summed E-state index contributed by atoms with van der Waals surface area (Å²) in [5.41, 5.74) is 5.30. The number of nitrogens with one attached hydrogen (secondary N) is 1. The third kappa shape index (κ3) is 3.22. The van der Waals surface area contributed by atoms with Crippen LogP contribution in [0.2, 0.25) is 0 Å². The molecule has 1 aliphatic rings. The van der Waals surface area contributed by atoms with E-state index in [1.54, 1.807) is 0 Å². The summed E-state index contributed by atoms with van der Waals surface area (Å²) in [6, 6.07) is 0.0392. The Hall–Kier alpha value is -0.770. The van der Waals surface area contributed by atoms with Crippen LogP contribution in [0, 0.1) is 5.92 Å². The third-order valence-corrected chi connectivity index (χ3v) is 2.49. The second-order valence-corrected chi connectivity index (χ2v) is 3.69. The molecule has 0 aromatic rings. The van der Waals surface area contributed by atoms with Crippen LogP contribution in [-0.4, -0.2) is 37.1 Å². The minimum absolute atomic E-state index is 0.0392. The van der Waals surface area contributed by atoms with E-state index in [9.17, 15) is 4.79 Å². The highest BCUT2D eigenvalue weighted by molar-refractivity contribution is 5.74. The van der Waals surface area contributed by atoms with Crippen LogP contribution < -0.4 is 11.1 Å². The van der Waals surface area contributed by atoms with Crippen LogP contribution in [0.4, 0.5) is 4.79 Å². The van der Waals surface area contributed by atoms with E-state index >= 15 is 0 Å². The highest BCUT2D eigenvalue weighted by Gasteiger charge is 2.19. The van der Waals surface area contributed by atoms with Crippen molar-refractivity contribution >= 4 is 6.03 Å². The van der Waals surface area contributed by atoms with E-state index in [0.29, 0.717) is 13.1 Å². The number of urea groups is 1. The van der Waals surface area contributed by atoms with Crippen LogP contribution in [0.3, 0.4) is 0 Å². The van der Waals surface area contributed by atoms with Gasteiger partial charge in [0.05, 0.1) is 0 Å². The van der Waals surface area contributed by atoms with Crippen molar-refractivity contribution in [1.82, 2.24) is 10.2 Å². The van der Waals surface area contributed by atoms with Crippen molar-refractivity contribution in [2.75, 3.05) is 26.2 Å². The van der Waals surface area contributed by atoms with Crippen molar-refractivity contribution in [3.63, 3.8) is 0 Å². The fourth-order valence-electron chi connectivity index (χ4n) is 1.50. The summed E-state index contributed by atoms with van der Waals surface area (Å²) in [6.07, 6.45) is 2.24. The van der Waals surface area contributed by atoms with E-state index in [0.717, 1.165) is 31.8 Å². The molecule has 13 heavy (non-hydrogen) atoms. The molecule has 0 aromatic carbocycles. The maximum absolute atomic E-state index is 11.4. The lowest BCUT2D eigenvalue weighted by Gasteiger charge is -2.30. The van der Waals surface area contributed by atoms with Crippen LogP contribution >= 0.6 is 0 Å². The summed E-state index contributed by atoms with van der Waals surface area (Å²) < 4.78 is 0. The van der Waals surface area contributed by atoms with Crippen molar-refractivity contribution < 1.29 is 4.79 Å². The second kappa shape index (κ2) is 5.07. The van der Waals surface area contributed by atoms with Crippen LogP contribution in [0.5, 0.6) is 0 Å². The number of hydrogen-bond donors (Lipinski definition) is 2. The van der Waals surface area contributed by atoms with Gasteiger partial charge in [0.25, 0.3) is 0 Å². The molecule has 76 valence electrons. The number of carbonyl (C=O) groups excluding carboxylic acids is 1. The molecular formula is C9H19N3O. The molecule has 1 fully saturated rings. The Kier molecular flexibility index (Phi) is 4.02. The van der Waals surface area contributed by atoms with Crippen molar-refractivity contribution in [1.29, 1.82) is 0 Å². The average Bonchev–Trinajstić information content (AvgIpc) is 2.15. The van der Waals surface area contributed by atoms with Gasteiger partial charge in [0, 0.05) is 26.2 Å². The number of carbonyl (C=O) groups is 1. The Morgan fingerprint density at radius 1 is 1.54 bits per heavy atom. The average molecular weight is 185 g/mol. The summed E-state index contributed by atoms with van der Waals surface area (Å²) in [5, 5.41) is 2.78. The van der Waals surface area contributed by atoms with E-state index < -0.39 is 0 Å². The first-order chi connectivity index (χ1) is 6.24. The Labute approximate surface area is 79.5 Å². The van der Waals surface area contributed by atoms with Gasteiger partial charge in [-0.25, -0.2) is 4.79 Å². The second-order valence-electron chi connectivity index (χ2n) is 3.69. The molecule has 1 aliphatic heterocycles. The van der Waals surface area contributed by atoms with Gasteiger partial charge in [-0.2, -0.15) is 0 Å². The van der Waals surface area contributed by atoms with Crippen LogP contribution in [0.1, 0.15) is 19.8 Å². The number of hydrogen-bond acceptors (Lipinski definition) is 2. The molecule has 0 radical (unpaired) electrons. The zero-order chi connectivity index (χ0) is 9.68. The smallest absolute Gasteiger partial charge is 0.317 e. The molecule has 1 heterocycles. The molecule has 1 saturated heterocycles. The van der Waals surface area contributed by atoms with Crippen LogP contribution in [-0.2, 0) is 0 Å². The third-order valence-electron chi connectivity index (χ3n) is 2.49. The van der Waals surface area contributed by atoms with Crippen LogP contribution in [0.25, 0.3) is 0 Å². The number of nitrogens with zero attached hydrogens (tertiary/aromatic N) is 1. The molecule has 0 unspecified atom stereocenters. The van der Waals surface area contributed by atoms with E-state index in [1.807, 2.05) is 4.90 Å². The fourth-order valence-corrected chi connectivity index (χ4v) is 1.50. The van der Waals surface area contributed by atoms with Gasteiger partial charge in [0.15, 0.2) is 0 Å². The summed E-state index contributed by atoms with van der Waals surface area (Å²) in [7, 11) is 0. The lowest BCUT2D eigenvalue weighted by Crippen LogP contribution is -2.45. The summed E-state index contributed by atoms with van der Waals surface area (Å²) >= 11 is 0. The molecule has 0 spiro atoms. The molecule has 0 aromatic heterocycles. The highest BCUT2D eigenvalue weighted by atomic mass is 16.2. The number of piperidine rings is 1. The minimum Gasteiger partial charge on any atom is -0.337 e. The van der Waals surface area contributed by atoms with Crippen molar-refractivity contribution in [3.8, 4) is 0 Å². The molecule has 0 saturated carbocycles. The summed E-state index contributed by atoms with van der Waals surface area (Å²) in [5.74, 6) is 0.763. The van der Waals surface area contributed by atoms with Gasteiger partial charge in [-0.3, -0.25) is 0 Å². The molecule has 0 bridgehead atoms. The Bertz CT molecular complexity index is 164. The first-order valence-electron chi connectivity index (χ1n) is 4.97. The summed E-state index contributed by atoms with van der Waals surface area (Å²) in [4.78, 5) is 13.3. The van der Waals surface area contributed by atoms with Crippen molar-refractivity contribution in [2.45, 2.75) is 19.8 Å². The van der Waals surface area contributed by atoms with Gasteiger partial charge in [0.1, 0.15) is 0 Å². The zero-order valence-corrected chi connectivity index (χ0v) is 8.25. The van der Waals surface area contributed by atoms with E-state index in [4.69, 9.17) is 5.73 Å². The molecule has 0 atom stereocenters. The quantitative estimate of drug-likeness (QED) is 0.653. The maximum atomic E-state index is 11.4. The number of nitrogens with two attached hydrogens (primary N) is 1. The van der Waals surface area contributed by atoms with Gasteiger partial charge in [-0.05, 0) is 18.8 Å². The first-order valence-corrected chi connectivity index (χ1v) is 4.97. The molecule has 2 amide bonds. The standard InChI is InChI=1S/C9H19N3O/c1-8-2-6-12(7-3-8)9(13)11-5-4-10/h8H,2-7,10H2,1H3,(H,11,13). The SMILES string of the molecule is CC1CCN(C(=O)NCCN)CC1. The zero-order valence-electron chi connectivity index (χ0n) is 8.25. The lowest BCUT2D eigenvalue weighted by molar-refractivity contribution is 0.174. The predicted octanol–water partition coefficient (Wildman–Crippen LogP) is 0.387. The number of rotatable bonds is 2. The van der Waals surface area contributed by atoms with E-state index in [-0.39, 0.29) is 6.03 Å². The lowest BCUT2D eigenvalue weighted by atomic mass is 10.00. The van der Waals surface area contributed by atoms with Gasteiger partial charge < -0.3 is 16.0 Å². The highest BCUT2D eigenvalue weighted by Crippen LogP contribution is 2.15. The first kappa shape index (κ1) is 10.3. The van der Waals surface area contributed by atoms with Gasteiger partial charge in [-0.15, -0.1) is 0 Å². The topological polar surface area (TPSA) is 58.4 Å². The normalized spacial score (nSPS) is 18.8. The molecule has 1 rings (SSSR count). The van der Waals surface area contributed by atoms with Crippen molar-refractivity contribution in [2.24, 2.45) is 11.7 Å². The number of likely N-dealkylation sites (tertiary alicyclic amines) is 1. The van der Waals surface area contributed by atoms with Crippen molar-refractivity contribution in [3.05, 3.63) is 0 Å². The molecular weight excluding hydrogens is 166 g/mol. The van der Waals surface area contributed by atoms with E-state index in [2.05, 4.69) is 12.2 Å². The molecule has 0 aliphatic carbocycles. The maximum Gasteiger partial charge on any atom is 0.317 e. The van der Waals surface area contributed by atoms with Gasteiger partial charge >= 0.3 is 6.03 Å². The molecule has 3 N–H and O–H groups in total. The predicted molar refractivity (Wildman–Crippen MR) is 52.4 cm³/mol. The monoisotopic (exact) mass is 185 g/mol. The molecule has 4 heteroatoms. The Balaban J connectivity index is 2.23. The summed E-state index contributed by atoms with van der Waals surface area (Å²) in [6.45, 7) is 5.09. The number of amides is 2. The van der Waals surface area contributed by atoms with Crippen LogP contribution in [0.15, 0.2) is 0 Å².